The minimum Gasteiger partial charge on any atom is -0.444 e. The number of esters is 2. The molecule has 0 spiro atoms. The van der Waals surface area contributed by atoms with Crippen LogP contribution in [0.2, 0.25) is 0 Å². The molecule has 0 bridgehead atoms. The van der Waals surface area contributed by atoms with E-state index in [0.717, 1.165) is 29.9 Å². The number of nitrogens with one attached hydrogen (secondary N) is 3. The van der Waals surface area contributed by atoms with Crippen LogP contribution in [0.15, 0.2) is 42.5 Å². The molecule has 260 valence electrons. The van der Waals surface area contributed by atoms with Gasteiger partial charge in [0.05, 0.1) is 11.4 Å². The Morgan fingerprint density at radius 2 is 1.43 bits per heavy atom. The fourth-order valence-corrected chi connectivity index (χ4v) is 4.64. The van der Waals surface area contributed by atoms with Gasteiger partial charge in [0.2, 0.25) is 6.79 Å². The average Bonchev–Trinajstić information content (AvgIpc) is 2.95. The highest BCUT2D eigenvalue weighted by Crippen LogP contribution is 2.30. The molecular weight excluding hydrogens is 600 g/mol. The molecule has 0 atom stereocenters. The number of urea groups is 1. The van der Waals surface area contributed by atoms with Gasteiger partial charge in [-0.1, -0.05) is 51.5 Å². The smallest absolute Gasteiger partial charge is 0.407 e. The molecule has 2 rings (SSSR count). The zero-order chi connectivity index (χ0) is 35.0. The summed E-state index contributed by atoms with van der Waals surface area (Å²) in [5, 5.41) is 8.55. The Morgan fingerprint density at radius 1 is 0.809 bits per heavy atom. The van der Waals surface area contributed by atoms with Crippen molar-refractivity contribution in [1.29, 1.82) is 0 Å². The molecule has 0 fully saturated rings. The van der Waals surface area contributed by atoms with E-state index < -0.39 is 30.4 Å². The van der Waals surface area contributed by atoms with Gasteiger partial charge < -0.3 is 35.1 Å². The van der Waals surface area contributed by atoms with E-state index in [2.05, 4.69) is 48.5 Å². The van der Waals surface area contributed by atoms with E-state index >= 15 is 0 Å². The molecule has 47 heavy (non-hydrogen) atoms. The van der Waals surface area contributed by atoms with E-state index in [9.17, 15) is 19.2 Å². The zero-order valence-electron chi connectivity index (χ0n) is 29.4. The summed E-state index contributed by atoms with van der Waals surface area (Å²) in [7, 11) is 0. The summed E-state index contributed by atoms with van der Waals surface area (Å²) in [5.74, 6) is -0.172. The number of amides is 3. The highest BCUT2D eigenvalue weighted by atomic mass is 16.7. The highest BCUT2D eigenvalue weighted by Gasteiger charge is 2.18. The molecule has 0 aromatic heterocycles. The second-order valence-electron chi connectivity index (χ2n) is 13.5. The summed E-state index contributed by atoms with van der Waals surface area (Å²) in [6.45, 7) is 17.5. The van der Waals surface area contributed by atoms with Crippen LogP contribution in [-0.4, -0.2) is 56.1 Å². The second kappa shape index (κ2) is 19.4. The highest BCUT2D eigenvalue weighted by molar-refractivity contribution is 6.02. The molecule has 2 aromatic rings. The monoisotopic (exact) mass is 654 g/mol. The maximum Gasteiger partial charge on any atom is 0.407 e. The Bertz CT molecular complexity index is 1290. The fourth-order valence-electron chi connectivity index (χ4n) is 4.64. The minimum absolute atomic E-state index is 0.0734. The third-order valence-corrected chi connectivity index (χ3v) is 6.66. The molecule has 0 aliphatic carbocycles. The summed E-state index contributed by atoms with van der Waals surface area (Å²) in [6.07, 6.45) is 1.16. The summed E-state index contributed by atoms with van der Waals surface area (Å²) in [4.78, 5) is 51.4. The maximum atomic E-state index is 13.0. The van der Waals surface area contributed by atoms with Gasteiger partial charge in [0.25, 0.3) is 0 Å². The summed E-state index contributed by atoms with van der Waals surface area (Å²) in [6, 6.07) is 13.0. The van der Waals surface area contributed by atoms with Gasteiger partial charge in [0, 0.05) is 38.2 Å². The molecule has 0 aliphatic heterocycles. The molecule has 3 N–H and O–H groups in total. The Morgan fingerprint density at radius 3 is 2.02 bits per heavy atom. The number of rotatable bonds is 17. The van der Waals surface area contributed by atoms with Gasteiger partial charge in [0.1, 0.15) is 5.60 Å². The van der Waals surface area contributed by atoms with Gasteiger partial charge in [0.15, 0.2) is 0 Å². The number of aryl methyl sites for hydroxylation is 2. The molecule has 3 amide bonds. The molecule has 0 heterocycles. The number of carbonyl (C=O) groups excluding carboxylic acids is 4. The zero-order valence-corrected chi connectivity index (χ0v) is 29.4. The van der Waals surface area contributed by atoms with Crippen LogP contribution in [0.1, 0.15) is 85.3 Å². The summed E-state index contributed by atoms with van der Waals surface area (Å²) < 4.78 is 15.3. The Kier molecular flexibility index (Phi) is 16.1. The third kappa shape index (κ3) is 16.7. The Hall–Kier alpha value is -4.28. The molecule has 11 heteroatoms. The predicted octanol–water partition coefficient (Wildman–Crippen LogP) is 7.43. The van der Waals surface area contributed by atoms with Crippen LogP contribution in [0.5, 0.6) is 0 Å². The number of benzene rings is 2. The number of hydrogen-bond acceptors (Lipinski definition) is 8. The second-order valence-corrected chi connectivity index (χ2v) is 13.5. The third-order valence-electron chi connectivity index (χ3n) is 6.66. The van der Waals surface area contributed by atoms with Crippen LogP contribution in [0.25, 0.3) is 0 Å². The first-order valence-corrected chi connectivity index (χ1v) is 16.4. The van der Waals surface area contributed by atoms with Gasteiger partial charge in [-0.2, -0.15) is 0 Å². The standard InChI is InChI=1S/C36H54N4O7/c1-25(2)22-40(23-26(3)4)31-18-14-28(21-30(31)39-34(43)38-29-16-12-27(5)13-17-29)15-19-33(42)46-24-45-32(41)11-9-10-20-37-35(44)47-36(6,7)8/h12-14,16-18,21,25-26H,9-11,15,19-20,22-24H2,1-8H3,(H,37,44)(H2,38,39,43). The van der Waals surface area contributed by atoms with Crippen molar-refractivity contribution in [2.24, 2.45) is 11.8 Å². The lowest BCUT2D eigenvalue weighted by molar-refractivity contribution is -0.167. The molecule has 11 nitrogen and oxygen atoms in total. The van der Waals surface area contributed by atoms with Crippen molar-refractivity contribution in [3.05, 3.63) is 53.6 Å². The number of nitrogens with zero attached hydrogens (tertiary/aromatic N) is 1. The van der Waals surface area contributed by atoms with Crippen molar-refractivity contribution in [2.45, 2.75) is 93.1 Å². The van der Waals surface area contributed by atoms with Crippen LogP contribution in [0, 0.1) is 18.8 Å². The van der Waals surface area contributed by atoms with E-state index in [1.807, 2.05) is 49.4 Å². The fraction of sp³-hybridized carbons (Fsp3) is 0.556. The minimum atomic E-state index is -0.571. The largest absolute Gasteiger partial charge is 0.444 e. The van der Waals surface area contributed by atoms with Gasteiger partial charge in [-0.3, -0.25) is 9.59 Å². The lowest BCUT2D eigenvalue weighted by atomic mass is 10.1. The Labute approximate surface area is 280 Å². The molecule has 0 aliphatic rings. The first-order chi connectivity index (χ1) is 22.1. The average molecular weight is 655 g/mol. The number of anilines is 3. The van der Waals surface area contributed by atoms with Crippen LogP contribution < -0.4 is 20.9 Å². The van der Waals surface area contributed by atoms with Gasteiger partial charge in [-0.05, 0) is 88.6 Å². The molecule has 0 saturated carbocycles. The van der Waals surface area contributed by atoms with Crippen molar-refractivity contribution in [1.82, 2.24) is 5.32 Å². The molecule has 0 saturated heterocycles. The molecular formula is C36H54N4O7. The van der Waals surface area contributed by atoms with E-state index in [1.165, 1.54) is 0 Å². The van der Waals surface area contributed by atoms with E-state index in [-0.39, 0.29) is 18.9 Å². The van der Waals surface area contributed by atoms with Crippen molar-refractivity contribution in [3.8, 4) is 0 Å². The lowest BCUT2D eigenvalue weighted by Crippen LogP contribution is -2.33. The van der Waals surface area contributed by atoms with Crippen LogP contribution in [0.3, 0.4) is 0 Å². The van der Waals surface area contributed by atoms with E-state index in [4.69, 9.17) is 14.2 Å². The van der Waals surface area contributed by atoms with Gasteiger partial charge in [-0.25, -0.2) is 9.59 Å². The van der Waals surface area contributed by atoms with Crippen molar-refractivity contribution >= 4 is 41.1 Å². The number of alkyl carbamates (subject to hydrolysis) is 1. The van der Waals surface area contributed by atoms with Crippen LogP contribution in [-0.2, 0) is 30.2 Å². The maximum absolute atomic E-state index is 13.0. The van der Waals surface area contributed by atoms with Gasteiger partial charge in [-0.15, -0.1) is 0 Å². The van der Waals surface area contributed by atoms with Crippen molar-refractivity contribution in [2.75, 3.05) is 42.0 Å². The van der Waals surface area contributed by atoms with E-state index in [1.54, 1.807) is 20.8 Å². The van der Waals surface area contributed by atoms with E-state index in [0.29, 0.717) is 49.0 Å². The Balaban J connectivity index is 1.91. The first-order valence-electron chi connectivity index (χ1n) is 16.4. The number of unbranched alkanes of at least 4 members (excludes halogenated alkanes) is 1. The SMILES string of the molecule is Cc1ccc(NC(=O)Nc2cc(CCC(=O)OCOC(=O)CCCCNC(=O)OC(C)(C)C)ccc2N(CC(C)C)CC(C)C)cc1. The van der Waals surface area contributed by atoms with Crippen molar-refractivity contribution < 1.29 is 33.4 Å². The lowest BCUT2D eigenvalue weighted by Gasteiger charge is -2.30. The van der Waals surface area contributed by atoms with Crippen molar-refractivity contribution in [3.63, 3.8) is 0 Å². The van der Waals surface area contributed by atoms with Crippen LogP contribution >= 0.6 is 0 Å². The molecule has 2 aromatic carbocycles. The summed E-state index contributed by atoms with van der Waals surface area (Å²) in [5.41, 5.74) is 3.62. The van der Waals surface area contributed by atoms with Crippen LogP contribution in [0.4, 0.5) is 26.7 Å². The van der Waals surface area contributed by atoms with Gasteiger partial charge >= 0.3 is 24.1 Å². The predicted molar refractivity (Wildman–Crippen MR) is 186 cm³/mol. The summed E-state index contributed by atoms with van der Waals surface area (Å²) >= 11 is 0. The number of ether oxygens (including phenoxy) is 3. The molecule has 0 unspecified atom stereocenters. The topological polar surface area (TPSA) is 135 Å². The number of hydrogen-bond donors (Lipinski definition) is 3. The number of carbonyl (C=O) groups is 4. The molecule has 0 radical (unpaired) electrons. The first kappa shape index (κ1) is 38.9. The quantitative estimate of drug-likeness (QED) is 0.0911. The normalized spacial score (nSPS) is 11.2.